The molecule has 142 valence electrons. The van der Waals surface area contributed by atoms with Gasteiger partial charge in [-0.15, -0.1) is 0 Å². The molecule has 0 bridgehead atoms. The average molecular weight is 367 g/mol. The highest BCUT2D eigenvalue weighted by molar-refractivity contribution is 5.96. The number of rotatable bonds is 6. The maximum atomic E-state index is 12.3. The van der Waals surface area contributed by atoms with Crippen molar-refractivity contribution >= 4 is 23.2 Å². The molecule has 27 heavy (non-hydrogen) atoms. The van der Waals surface area contributed by atoms with Crippen LogP contribution in [0.25, 0.3) is 0 Å². The van der Waals surface area contributed by atoms with Gasteiger partial charge in [0.05, 0.1) is 24.6 Å². The summed E-state index contributed by atoms with van der Waals surface area (Å²) in [4.78, 5) is 28.5. The average Bonchev–Trinajstić information content (AvgIpc) is 2.72. The molecule has 1 N–H and O–H groups in total. The topological polar surface area (TPSA) is 61.9 Å². The van der Waals surface area contributed by atoms with Gasteiger partial charge < -0.3 is 19.9 Å². The SMILES string of the molecule is CC(=O)N(CCNC(=O)c1ccccc1)c1ccccc1N1CCOCC1. The Hall–Kier alpha value is -2.86. The molecule has 0 saturated carbocycles. The smallest absolute Gasteiger partial charge is 0.251 e. The number of morpholine rings is 1. The molecule has 2 aromatic carbocycles. The van der Waals surface area contributed by atoms with Crippen LogP contribution in [0.2, 0.25) is 0 Å². The van der Waals surface area contributed by atoms with Crippen LogP contribution in [-0.2, 0) is 9.53 Å². The maximum absolute atomic E-state index is 12.3. The Balaban J connectivity index is 1.69. The summed E-state index contributed by atoms with van der Waals surface area (Å²) in [6.45, 7) is 5.30. The Bertz CT molecular complexity index is 773. The van der Waals surface area contributed by atoms with Crippen LogP contribution < -0.4 is 15.1 Å². The van der Waals surface area contributed by atoms with Crippen molar-refractivity contribution < 1.29 is 14.3 Å². The molecule has 1 heterocycles. The Kier molecular flexibility index (Phi) is 6.44. The number of hydrogen-bond donors (Lipinski definition) is 1. The molecule has 0 spiro atoms. The van der Waals surface area contributed by atoms with E-state index in [0.717, 1.165) is 24.5 Å². The summed E-state index contributed by atoms with van der Waals surface area (Å²) in [6, 6.07) is 16.9. The van der Waals surface area contributed by atoms with Crippen LogP contribution in [0.4, 0.5) is 11.4 Å². The lowest BCUT2D eigenvalue weighted by molar-refractivity contribution is -0.116. The first kappa shape index (κ1) is 18.9. The molecule has 1 aliphatic heterocycles. The number of amides is 2. The van der Waals surface area contributed by atoms with Crippen molar-refractivity contribution in [2.45, 2.75) is 6.92 Å². The Morgan fingerprint density at radius 3 is 2.41 bits per heavy atom. The number of hydrogen-bond acceptors (Lipinski definition) is 4. The lowest BCUT2D eigenvalue weighted by Gasteiger charge is -2.33. The summed E-state index contributed by atoms with van der Waals surface area (Å²) in [7, 11) is 0. The number of anilines is 2. The Morgan fingerprint density at radius 1 is 1.04 bits per heavy atom. The van der Waals surface area contributed by atoms with E-state index in [1.807, 2.05) is 42.5 Å². The summed E-state index contributed by atoms with van der Waals surface area (Å²) < 4.78 is 5.43. The lowest BCUT2D eigenvalue weighted by Crippen LogP contribution is -2.40. The largest absolute Gasteiger partial charge is 0.378 e. The summed E-state index contributed by atoms with van der Waals surface area (Å²) in [5, 5.41) is 2.89. The van der Waals surface area contributed by atoms with Crippen molar-refractivity contribution in [3.63, 3.8) is 0 Å². The third kappa shape index (κ3) is 4.86. The minimum atomic E-state index is -0.138. The van der Waals surface area contributed by atoms with Crippen molar-refractivity contribution in [2.24, 2.45) is 0 Å². The molecule has 1 saturated heterocycles. The molecule has 2 aromatic rings. The lowest BCUT2D eigenvalue weighted by atomic mass is 10.2. The molecule has 0 aromatic heterocycles. The quantitative estimate of drug-likeness (QED) is 0.851. The fourth-order valence-corrected chi connectivity index (χ4v) is 3.18. The van der Waals surface area contributed by atoms with E-state index in [2.05, 4.69) is 10.2 Å². The van der Waals surface area contributed by atoms with Crippen molar-refractivity contribution in [3.05, 3.63) is 60.2 Å². The minimum Gasteiger partial charge on any atom is -0.378 e. The fourth-order valence-electron chi connectivity index (χ4n) is 3.18. The number of ether oxygens (including phenoxy) is 1. The summed E-state index contributed by atoms with van der Waals surface area (Å²) >= 11 is 0. The van der Waals surface area contributed by atoms with E-state index < -0.39 is 0 Å². The van der Waals surface area contributed by atoms with Gasteiger partial charge in [0, 0.05) is 38.7 Å². The number of nitrogens with zero attached hydrogens (tertiary/aromatic N) is 2. The maximum Gasteiger partial charge on any atom is 0.251 e. The van der Waals surface area contributed by atoms with E-state index in [1.165, 1.54) is 0 Å². The van der Waals surface area contributed by atoms with Crippen LogP contribution in [0, 0.1) is 0 Å². The predicted octanol–water partition coefficient (Wildman–Crippen LogP) is 2.31. The van der Waals surface area contributed by atoms with Crippen LogP contribution in [0.5, 0.6) is 0 Å². The number of carbonyl (C=O) groups excluding carboxylic acids is 2. The van der Waals surface area contributed by atoms with Gasteiger partial charge in [0.15, 0.2) is 0 Å². The summed E-state index contributed by atoms with van der Waals surface area (Å²) in [5.74, 6) is -0.190. The molecule has 0 radical (unpaired) electrons. The molecule has 6 heteroatoms. The van der Waals surface area contributed by atoms with Crippen molar-refractivity contribution in [2.75, 3.05) is 49.2 Å². The second-order valence-electron chi connectivity index (χ2n) is 6.38. The van der Waals surface area contributed by atoms with E-state index in [1.54, 1.807) is 24.0 Å². The first-order valence-electron chi connectivity index (χ1n) is 9.20. The van der Waals surface area contributed by atoms with Crippen LogP contribution in [0.1, 0.15) is 17.3 Å². The molecule has 3 rings (SSSR count). The molecule has 2 amide bonds. The van der Waals surface area contributed by atoms with Crippen LogP contribution in [-0.4, -0.2) is 51.2 Å². The van der Waals surface area contributed by atoms with Crippen LogP contribution >= 0.6 is 0 Å². The summed E-state index contributed by atoms with van der Waals surface area (Å²) in [5.41, 5.74) is 2.49. The van der Waals surface area contributed by atoms with Gasteiger partial charge in [0.2, 0.25) is 5.91 Å². The molecular weight excluding hydrogens is 342 g/mol. The number of para-hydroxylation sites is 2. The van der Waals surface area contributed by atoms with Crippen LogP contribution in [0.15, 0.2) is 54.6 Å². The monoisotopic (exact) mass is 367 g/mol. The van der Waals surface area contributed by atoms with Gasteiger partial charge in [-0.25, -0.2) is 0 Å². The van der Waals surface area contributed by atoms with E-state index in [4.69, 9.17) is 4.74 Å². The molecule has 0 unspecified atom stereocenters. The second-order valence-corrected chi connectivity index (χ2v) is 6.38. The molecule has 1 aliphatic rings. The van der Waals surface area contributed by atoms with Crippen LogP contribution in [0.3, 0.4) is 0 Å². The Labute approximate surface area is 159 Å². The molecule has 0 atom stereocenters. The Morgan fingerprint density at radius 2 is 1.70 bits per heavy atom. The van der Waals surface area contributed by atoms with Gasteiger partial charge in [-0.3, -0.25) is 9.59 Å². The van der Waals surface area contributed by atoms with Gasteiger partial charge in [-0.1, -0.05) is 30.3 Å². The number of nitrogens with one attached hydrogen (secondary N) is 1. The zero-order valence-corrected chi connectivity index (χ0v) is 15.6. The molecule has 6 nitrogen and oxygen atoms in total. The van der Waals surface area contributed by atoms with Gasteiger partial charge in [-0.05, 0) is 24.3 Å². The molecular formula is C21H25N3O3. The van der Waals surface area contributed by atoms with Crippen molar-refractivity contribution in [3.8, 4) is 0 Å². The standard InChI is InChI=1S/C21H25N3O3/c1-17(25)24(12-11-22-21(26)18-7-3-2-4-8-18)20-10-6-5-9-19(20)23-13-15-27-16-14-23/h2-10H,11-16H2,1H3,(H,22,26). The first-order valence-corrected chi connectivity index (χ1v) is 9.20. The molecule has 0 aliphatic carbocycles. The highest BCUT2D eigenvalue weighted by atomic mass is 16.5. The van der Waals surface area contributed by atoms with Gasteiger partial charge >= 0.3 is 0 Å². The third-order valence-corrected chi connectivity index (χ3v) is 4.56. The van der Waals surface area contributed by atoms with E-state index in [0.29, 0.717) is 31.9 Å². The normalized spacial score (nSPS) is 13.9. The minimum absolute atomic E-state index is 0.0512. The fraction of sp³-hybridized carbons (Fsp3) is 0.333. The van der Waals surface area contributed by atoms with Gasteiger partial charge in [0.25, 0.3) is 5.91 Å². The zero-order chi connectivity index (χ0) is 19.1. The van der Waals surface area contributed by atoms with E-state index in [9.17, 15) is 9.59 Å². The molecule has 1 fully saturated rings. The van der Waals surface area contributed by atoms with E-state index in [-0.39, 0.29) is 11.8 Å². The van der Waals surface area contributed by atoms with Crippen molar-refractivity contribution in [1.29, 1.82) is 0 Å². The second kappa shape index (κ2) is 9.19. The highest BCUT2D eigenvalue weighted by Crippen LogP contribution is 2.29. The number of carbonyl (C=O) groups is 2. The predicted molar refractivity (Wildman–Crippen MR) is 106 cm³/mol. The highest BCUT2D eigenvalue weighted by Gasteiger charge is 2.20. The van der Waals surface area contributed by atoms with E-state index >= 15 is 0 Å². The van der Waals surface area contributed by atoms with Crippen molar-refractivity contribution in [1.82, 2.24) is 5.32 Å². The van der Waals surface area contributed by atoms with Gasteiger partial charge in [-0.2, -0.15) is 0 Å². The third-order valence-electron chi connectivity index (χ3n) is 4.56. The number of benzene rings is 2. The zero-order valence-electron chi connectivity index (χ0n) is 15.6. The van der Waals surface area contributed by atoms with Gasteiger partial charge in [0.1, 0.15) is 0 Å². The first-order chi connectivity index (χ1) is 13.2. The summed E-state index contributed by atoms with van der Waals surface area (Å²) in [6.07, 6.45) is 0.